The lowest BCUT2D eigenvalue weighted by molar-refractivity contribution is -0.124. The van der Waals surface area contributed by atoms with Crippen LogP contribution >= 0.6 is 11.8 Å². The number of para-hydroxylation sites is 1. The van der Waals surface area contributed by atoms with Gasteiger partial charge in [-0.05, 0) is 49.4 Å². The summed E-state index contributed by atoms with van der Waals surface area (Å²) in [5.74, 6) is -0.185. The number of benzene rings is 2. The van der Waals surface area contributed by atoms with Crippen LogP contribution in [-0.2, 0) is 16.0 Å². The molecule has 26 heavy (non-hydrogen) atoms. The Morgan fingerprint density at radius 3 is 2.73 bits per heavy atom. The van der Waals surface area contributed by atoms with Crippen LogP contribution in [0.2, 0.25) is 0 Å². The summed E-state index contributed by atoms with van der Waals surface area (Å²) in [7, 11) is 0. The van der Waals surface area contributed by atoms with Gasteiger partial charge in [-0.25, -0.2) is 0 Å². The molecule has 0 aliphatic carbocycles. The fraction of sp³-hybridized carbons (Fsp3) is 0.333. The molecular weight excluding hydrogens is 344 g/mol. The molecule has 0 saturated carbocycles. The first-order valence-corrected chi connectivity index (χ1v) is 10.2. The normalized spacial score (nSPS) is 22.0. The molecule has 2 aromatic rings. The van der Waals surface area contributed by atoms with Crippen molar-refractivity contribution in [3.05, 3.63) is 54.1 Å². The van der Waals surface area contributed by atoms with Gasteiger partial charge in [-0.15, -0.1) is 11.8 Å². The number of carbonyl (C=O) groups excluding carboxylic acids is 2. The Morgan fingerprint density at radius 2 is 1.92 bits per heavy atom. The van der Waals surface area contributed by atoms with Crippen LogP contribution < -0.4 is 9.80 Å². The molecule has 2 heterocycles. The van der Waals surface area contributed by atoms with Gasteiger partial charge >= 0.3 is 0 Å². The van der Waals surface area contributed by atoms with E-state index in [1.165, 1.54) is 5.56 Å². The first kappa shape index (κ1) is 17.2. The van der Waals surface area contributed by atoms with E-state index in [2.05, 4.69) is 13.0 Å². The quantitative estimate of drug-likeness (QED) is 0.777. The van der Waals surface area contributed by atoms with Gasteiger partial charge in [0.15, 0.2) is 0 Å². The van der Waals surface area contributed by atoms with E-state index in [-0.39, 0.29) is 30.2 Å². The second kappa shape index (κ2) is 6.80. The van der Waals surface area contributed by atoms with Gasteiger partial charge in [-0.3, -0.25) is 9.59 Å². The highest BCUT2D eigenvalue weighted by atomic mass is 32.2. The largest absolute Gasteiger partial charge is 0.312 e. The molecular formula is C21H22N2O2S. The monoisotopic (exact) mass is 366 g/mol. The van der Waals surface area contributed by atoms with E-state index in [0.717, 1.165) is 22.7 Å². The number of rotatable bonds is 3. The lowest BCUT2D eigenvalue weighted by Gasteiger charge is -2.26. The van der Waals surface area contributed by atoms with Crippen molar-refractivity contribution in [1.82, 2.24) is 0 Å². The third-order valence-corrected chi connectivity index (χ3v) is 6.01. The zero-order chi connectivity index (χ0) is 18.3. The SMILES string of the molecule is CSc1cccc(N2C[C@@H](C(=O)N3c4ccccc4C[C@H]3C)CC2=O)c1. The fourth-order valence-corrected chi connectivity index (χ4v) is 4.45. The fourth-order valence-electron chi connectivity index (χ4n) is 4.00. The number of amides is 2. The topological polar surface area (TPSA) is 40.6 Å². The highest BCUT2D eigenvalue weighted by molar-refractivity contribution is 7.98. The molecule has 1 fully saturated rings. The van der Waals surface area contributed by atoms with E-state index < -0.39 is 0 Å². The van der Waals surface area contributed by atoms with Crippen LogP contribution in [0.25, 0.3) is 0 Å². The lowest BCUT2D eigenvalue weighted by atomic mass is 10.1. The standard InChI is InChI=1S/C21H22N2O2S/c1-14-10-15-6-3-4-9-19(15)23(14)21(25)16-11-20(24)22(13-16)17-7-5-8-18(12-17)26-2/h3-9,12,14,16H,10-11,13H2,1-2H3/t14-,16+/m1/s1. The molecule has 2 atom stereocenters. The molecule has 2 aliphatic rings. The van der Waals surface area contributed by atoms with Crippen molar-refractivity contribution in [1.29, 1.82) is 0 Å². The zero-order valence-corrected chi connectivity index (χ0v) is 15.8. The first-order chi connectivity index (χ1) is 12.6. The molecule has 2 aliphatic heterocycles. The molecule has 2 aromatic carbocycles. The number of fused-ring (bicyclic) bond motifs is 1. The number of thioether (sulfide) groups is 1. The maximum absolute atomic E-state index is 13.2. The van der Waals surface area contributed by atoms with Gasteiger partial charge < -0.3 is 9.80 Å². The Labute approximate surface area is 158 Å². The number of hydrogen-bond donors (Lipinski definition) is 0. The highest BCUT2D eigenvalue weighted by Crippen LogP contribution is 2.35. The summed E-state index contributed by atoms with van der Waals surface area (Å²) < 4.78 is 0. The van der Waals surface area contributed by atoms with Gasteiger partial charge in [0.05, 0.1) is 5.92 Å². The van der Waals surface area contributed by atoms with Crippen LogP contribution in [0.1, 0.15) is 18.9 Å². The summed E-state index contributed by atoms with van der Waals surface area (Å²) in [6.45, 7) is 2.54. The van der Waals surface area contributed by atoms with E-state index in [1.54, 1.807) is 16.7 Å². The van der Waals surface area contributed by atoms with Crippen molar-refractivity contribution in [2.24, 2.45) is 5.92 Å². The molecule has 1 saturated heterocycles. The van der Waals surface area contributed by atoms with E-state index in [9.17, 15) is 9.59 Å². The minimum atomic E-state index is -0.283. The van der Waals surface area contributed by atoms with Gasteiger partial charge in [0, 0.05) is 35.3 Å². The van der Waals surface area contributed by atoms with E-state index >= 15 is 0 Å². The third-order valence-electron chi connectivity index (χ3n) is 5.28. The average Bonchev–Trinajstić information content (AvgIpc) is 3.20. The molecule has 0 unspecified atom stereocenters. The van der Waals surface area contributed by atoms with Crippen LogP contribution in [-0.4, -0.2) is 30.7 Å². The summed E-state index contributed by atoms with van der Waals surface area (Å²) in [6.07, 6.45) is 3.18. The van der Waals surface area contributed by atoms with Crippen molar-refractivity contribution in [2.45, 2.75) is 30.7 Å². The Morgan fingerprint density at radius 1 is 1.12 bits per heavy atom. The summed E-state index contributed by atoms with van der Waals surface area (Å²) in [5, 5.41) is 0. The molecule has 0 aromatic heterocycles. The van der Waals surface area contributed by atoms with Crippen LogP contribution in [0.15, 0.2) is 53.4 Å². The Kier molecular flexibility index (Phi) is 4.49. The van der Waals surface area contributed by atoms with Crippen molar-refractivity contribution in [2.75, 3.05) is 22.6 Å². The molecule has 5 heteroatoms. The number of carbonyl (C=O) groups is 2. The number of nitrogens with zero attached hydrogens (tertiary/aromatic N) is 2. The minimum absolute atomic E-state index is 0.0294. The van der Waals surface area contributed by atoms with Crippen LogP contribution in [0.5, 0.6) is 0 Å². The van der Waals surface area contributed by atoms with E-state index in [1.807, 2.05) is 53.6 Å². The van der Waals surface area contributed by atoms with Gasteiger partial charge in [0.25, 0.3) is 0 Å². The molecule has 4 nitrogen and oxygen atoms in total. The number of hydrogen-bond acceptors (Lipinski definition) is 3. The maximum atomic E-state index is 13.2. The predicted octanol–water partition coefficient (Wildman–Crippen LogP) is 3.74. The lowest BCUT2D eigenvalue weighted by Crippen LogP contribution is -2.41. The molecule has 0 N–H and O–H groups in total. The summed E-state index contributed by atoms with van der Waals surface area (Å²) >= 11 is 1.65. The smallest absolute Gasteiger partial charge is 0.232 e. The summed E-state index contributed by atoms with van der Waals surface area (Å²) in [5.41, 5.74) is 3.09. The summed E-state index contributed by atoms with van der Waals surface area (Å²) in [4.78, 5) is 30.6. The molecule has 0 spiro atoms. The molecule has 134 valence electrons. The summed E-state index contributed by atoms with van der Waals surface area (Å²) in [6, 6.07) is 16.2. The third kappa shape index (κ3) is 2.90. The van der Waals surface area contributed by atoms with Crippen molar-refractivity contribution in [3.63, 3.8) is 0 Å². The minimum Gasteiger partial charge on any atom is -0.312 e. The van der Waals surface area contributed by atoms with Gasteiger partial charge in [0.2, 0.25) is 11.8 Å². The van der Waals surface area contributed by atoms with Crippen LogP contribution in [0, 0.1) is 5.92 Å². The van der Waals surface area contributed by atoms with Crippen molar-refractivity contribution >= 4 is 35.0 Å². The highest BCUT2D eigenvalue weighted by Gasteiger charge is 2.41. The van der Waals surface area contributed by atoms with Gasteiger partial charge in [-0.2, -0.15) is 0 Å². The molecule has 2 amide bonds. The predicted molar refractivity (Wildman–Crippen MR) is 106 cm³/mol. The van der Waals surface area contributed by atoms with Crippen LogP contribution in [0.4, 0.5) is 11.4 Å². The second-order valence-electron chi connectivity index (χ2n) is 7.00. The Bertz CT molecular complexity index is 867. The zero-order valence-electron chi connectivity index (χ0n) is 15.0. The van der Waals surface area contributed by atoms with Crippen molar-refractivity contribution < 1.29 is 9.59 Å². The van der Waals surface area contributed by atoms with E-state index in [0.29, 0.717) is 6.54 Å². The molecule has 4 rings (SSSR count). The van der Waals surface area contributed by atoms with Gasteiger partial charge in [0.1, 0.15) is 0 Å². The Hall–Kier alpha value is -2.27. The van der Waals surface area contributed by atoms with Crippen molar-refractivity contribution in [3.8, 4) is 0 Å². The Balaban J connectivity index is 1.56. The number of anilines is 2. The maximum Gasteiger partial charge on any atom is 0.232 e. The van der Waals surface area contributed by atoms with Crippen LogP contribution in [0.3, 0.4) is 0 Å². The molecule has 0 bridgehead atoms. The second-order valence-corrected chi connectivity index (χ2v) is 7.88. The van der Waals surface area contributed by atoms with E-state index in [4.69, 9.17) is 0 Å². The molecule has 0 radical (unpaired) electrons. The van der Waals surface area contributed by atoms with Gasteiger partial charge in [-0.1, -0.05) is 24.3 Å². The first-order valence-electron chi connectivity index (χ1n) is 8.94. The average molecular weight is 366 g/mol.